The van der Waals surface area contributed by atoms with Crippen molar-refractivity contribution in [1.29, 1.82) is 0 Å². The van der Waals surface area contributed by atoms with Gasteiger partial charge in [0.2, 0.25) is 11.9 Å². The normalized spacial score (nSPS) is 18.7. The topological polar surface area (TPSA) is 128 Å². The lowest BCUT2D eigenvalue weighted by molar-refractivity contribution is -0.111. The Morgan fingerprint density at radius 1 is 1.14 bits per heavy atom. The van der Waals surface area contributed by atoms with E-state index in [1.807, 2.05) is 43.5 Å². The van der Waals surface area contributed by atoms with Crippen LogP contribution in [0.15, 0.2) is 67.1 Å². The molecular formula is C33H40N8O2. The van der Waals surface area contributed by atoms with Crippen molar-refractivity contribution in [3.8, 4) is 11.3 Å². The van der Waals surface area contributed by atoms with E-state index in [9.17, 15) is 9.59 Å². The number of aromatic nitrogens is 4. The molecule has 43 heavy (non-hydrogen) atoms. The Bertz CT molecular complexity index is 1610. The standard InChI is InChI=1S/C33H40N8O2/c1-5-22-19-36-32(39-30(22)26-21-35-27-12-7-6-11-25(26)27)38-23-10-8-16-33(2,18-23)40-31(43)28-15-14-24(20-34-28)37-29(42)13-9-17-41(3)4/h6-7,9,11-15,19-21,23,35H,5,8,10,16-18H2,1-4H3,(H,37,42)(H,40,43)(H,36,38,39). The molecule has 2 atom stereocenters. The number of amides is 2. The molecule has 0 saturated heterocycles. The molecule has 0 radical (unpaired) electrons. The quantitative estimate of drug-likeness (QED) is 0.190. The zero-order valence-corrected chi connectivity index (χ0v) is 25.3. The molecule has 5 rings (SSSR count). The van der Waals surface area contributed by atoms with Gasteiger partial charge in [0, 0.05) is 53.1 Å². The van der Waals surface area contributed by atoms with E-state index in [0.29, 0.717) is 23.9 Å². The van der Waals surface area contributed by atoms with Gasteiger partial charge in [0.15, 0.2) is 0 Å². The van der Waals surface area contributed by atoms with Crippen molar-refractivity contribution < 1.29 is 9.59 Å². The van der Waals surface area contributed by atoms with Gasteiger partial charge >= 0.3 is 0 Å². The van der Waals surface area contributed by atoms with Crippen LogP contribution in [0.4, 0.5) is 11.6 Å². The maximum Gasteiger partial charge on any atom is 0.270 e. The summed E-state index contributed by atoms with van der Waals surface area (Å²) in [5.41, 5.74) is 4.59. The first kappa shape index (κ1) is 29.9. The molecule has 224 valence electrons. The van der Waals surface area contributed by atoms with Gasteiger partial charge in [-0.15, -0.1) is 0 Å². The summed E-state index contributed by atoms with van der Waals surface area (Å²) in [6.07, 6.45) is 13.0. The number of carbonyl (C=O) groups is 2. The number of hydrogen-bond acceptors (Lipinski definition) is 7. The number of benzene rings is 1. The molecule has 4 N–H and O–H groups in total. The van der Waals surface area contributed by atoms with E-state index in [1.54, 1.807) is 18.2 Å². The molecule has 2 unspecified atom stereocenters. The third kappa shape index (κ3) is 7.45. The number of anilines is 2. The zero-order chi connectivity index (χ0) is 30.4. The Hall–Kier alpha value is -4.57. The monoisotopic (exact) mass is 580 g/mol. The van der Waals surface area contributed by atoms with E-state index in [0.717, 1.165) is 59.8 Å². The number of nitrogens with one attached hydrogen (secondary N) is 4. The van der Waals surface area contributed by atoms with Crippen LogP contribution in [0, 0.1) is 0 Å². The summed E-state index contributed by atoms with van der Waals surface area (Å²) >= 11 is 0. The van der Waals surface area contributed by atoms with E-state index in [-0.39, 0.29) is 17.9 Å². The van der Waals surface area contributed by atoms with E-state index in [1.165, 1.54) is 12.3 Å². The van der Waals surface area contributed by atoms with Crippen LogP contribution in [0.5, 0.6) is 0 Å². The summed E-state index contributed by atoms with van der Waals surface area (Å²) in [7, 11) is 3.86. The first-order valence-electron chi connectivity index (χ1n) is 14.8. The third-order valence-corrected chi connectivity index (χ3v) is 7.82. The van der Waals surface area contributed by atoms with Crippen molar-refractivity contribution in [2.24, 2.45) is 0 Å². The highest BCUT2D eigenvalue weighted by atomic mass is 16.2. The SMILES string of the molecule is CCc1cnc(NC2CCCC(C)(NC(=O)c3ccc(NC(=O)C=CCN(C)C)cn3)C2)nc1-c1c[nH]c2ccccc12. The first-order valence-corrected chi connectivity index (χ1v) is 14.8. The minimum atomic E-state index is -0.415. The average molecular weight is 581 g/mol. The molecule has 1 aliphatic carbocycles. The van der Waals surface area contributed by atoms with Gasteiger partial charge in [-0.3, -0.25) is 9.59 Å². The predicted octanol–water partition coefficient (Wildman–Crippen LogP) is 5.18. The van der Waals surface area contributed by atoms with Crippen LogP contribution in [0.2, 0.25) is 0 Å². The lowest BCUT2D eigenvalue weighted by Gasteiger charge is -2.39. The molecule has 3 aromatic heterocycles. The van der Waals surface area contributed by atoms with Crippen LogP contribution in [0.3, 0.4) is 0 Å². The Balaban J connectivity index is 1.22. The number of likely N-dealkylation sites (N-methyl/N-ethyl adjacent to an activating group) is 1. The molecule has 0 bridgehead atoms. The van der Waals surface area contributed by atoms with Crippen molar-refractivity contribution in [2.75, 3.05) is 31.3 Å². The molecule has 1 saturated carbocycles. The van der Waals surface area contributed by atoms with Crippen LogP contribution in [0.1, 0.15) is 55.6 Å². The van der Waals surface area contributed by atoms with Gasteiger partial charge in [0.1, 0.15) is 5.69 Å². The average Bonchev–Trinajstić information content (AvgIpc) is 3.41. The van der Waals surface area contributed by atoms with Crippen LogP contribution in [0.25, 0.3) is 22.2 Å². The highest BCUT2D eigenvalue weighted by Gasteiger charge is 2.34. The summed E-state index contributed by atoms with van der Waals surface area (Å²) in [5.74, 6) is 0.113. The molecule has 0 aliphatic heterocycles. The third-order valence-electron chi connectivity index (χ3n) is 7.82. The minimum absolute atomic E-state index is 0.105. The highest BCUT2D eigenvalue weighted by molar-refractivity contribution is 5.99. The molecule has 1 aromatic carbocycles. The molecule has 4 aromatic rings. The second kappa shape index (κ2) is 13.2. The summed E-state index contributed by atoms with van der Waals surface area (Å²) in [6.45, 7) is 4.86. The smallest absolute Gasteiger partial charge is 0.270 e. The van der Waals surface area contributed by atoms with Crippen molar-refractivity contribution >= 4 is 34.4 Å². The number of pyridine rings is 1. The van der Waals surface area contributed by atoms with Crippen LogP contribution in [-0.2, 0) is 11.2 Å². The lowest BCUT2D eigenvalue weighted by atomic mass is 9.80. The van der Waals surface area contributed by atoms with Crippen LogP contribution < -0.4 is 16.0 Å². The fourth-order valence-electron chi connectivity index (χ4n) is 5.64. The highest BCUT2D eigenvalue weighted by Crippen LogP contribution is 2.32. The van der Waals surface area contributed by atoms with Gasteiger partial charge in [-0.05, 0) is 76.9 Å². The number of hydrogen-bond donors (Lipinski definition) is 4. The van der Waals surface area contributed by atoms with E-state index >= 15 is 0 Å². The Morgan fingerprint density at radius 2 is 1.98 bits per heavy atom. The second-order valence-electron chi connectivity index (χ2n) is 11.7. The maximum atomic E-state index is 13.2. The number of nitrogens with zero attached hydrogens (tertiary/aromatic N) is 4. The minimum Gasteiger partial charge on any atom is -0.360 e. The summed E-state index contributed by atoms with van der Waals surface area (Å²) in [4.78, 5) is 44.5. The predicted molar refractivity (Wildman–Crippen MR) is 171 cm³/mol. The van der Waals surface area contributed by atoms with Crippen molar-refractivity contribution in [3.63, 3.8) is 0 Å². The summed E-state index contributed by atoms with van der Waals surface area (Å²) in [6, 6.07) is 11.7. The van der Waals surface area contributed by atoms with Gasteiger partial charge in [0.05, 0.1) is 17.6 Å². The zero-order valence-electron chi connectivity index (χ0n) is 25.3. The molecule has 0 spiro atoms. The lowest BCUT2D eigenvalue weighted by Crippen LogP contribution is -2.51. The Kier molecular flexibility index (Phi) is 9.16. The molecule has 10 nitrogen and oxygen atoms in total. The molecule has 1 fully saturated rings. The van der Waals surface area contributed by atoms with E-state index in [2.05, 4.69) is 56.9 Å². The maximum absolute atomic E-state index is 13.2. The number of fused-ring (bicyclic) bond motifs is 1. The number of para-hydroxylation sites is 1. The summed E-state index contributed by atoms with van der Waals surface area (Å²) < 4.78 is 0. The van der Waals surface area contributed by atoms with Gasteiger partial charge in [-0.2, -0.15) is 0 Å². The number of aryl methyl sites for hydroxylation is 1. The number of carbonyl (C=O) groups excluding carboxylic acids is 2. The first-order chi connectivity index (χ1) is 20.7. The Labute approximate surface area is 252 Å². The number of aromatic amines is 1. The molecular weight excluding hydrogens is 540 g/mol. The van der Waals surface area contributed by atoms with Gasteiger partial charge < -0.3 is 25.8 Å². The number of rotatable bonds is 10. The van der Waals surface area contributed by atoms with Gasteiger partial charge in [0.25, 0.3) is 5.91 Å². The largest absolute Gasteiger partial charge is 0.360 e. The van der Waals surface area contributed by atoms with Gasteiger partial charge in [-0.25, -0.2) is 15.0 Å². The van der Waals surface area contributed by atoms with E-state index in [4.69, 9.17) is 4.98 Å². The fourth-order valence-corrected chi connectivity index (χ4v) is 5.64. The van der Waals surface area contributed by atoms with Crippen molar-refractivity contribution in [3.05, 3.63) is 78.4 Å². The van der Waals surface area contributed by atoms with Crippen molar-refractivity contribution in [1.82, 2.24) is 30.2 Å². The summed E-state index contributed by atoms with van der Waals surface area (Å²) in [5, 5.41) is 10.7. The second-order valence-corrected chi connectivity index (χ2v) is 11.7. The van der Waals surface area contributed by atoms with Crippen LogP contribution in [-0.4, -0.2) is 68.9 Å². The van der Waals surface area contributed by atoms with E-state index < -0.39 is 5.54 Å². The van der Waals surface area contributed by atoms with Crippen molar-refractivity contribution in [2.45, 2.75) is 57.5 Å². The van der Waals surface area contributed by atoms with Gasteiger partial charge in [-0.1, -0.05) is 31.2 Å². The number of H-pyrrole nitrogens is 1. The molecule has 3 heterocycles. The fraction of sp³-hybridized carbons (Fsp3) is 0.364. The molecule has 2 amide bonds. The van der Waals surface area contributed by atoms with Crippen LogP contribution >= 0.6 is 0 Å². The molecule has 1 aliphatic rings. The Morgan fingerprint density at radius 3 is 2.74 bits per heavy atom. The molecule has 10 heteroatoms.